The number of anilines is 1. The predicted octanol–water partition coefficient (Wildman–Crippen LogP) is 1.80. The Bertz CT molecular complexity index is 530. The van der Waals surface area contributed by atoms with Crippen LogP contribution >= 0.6 is 11.6 Å². The fraction of sp³-hybridized carbons (Fsp3) is 0.615. The van der Waals surface area contributed by atoms with Crippen LogP contribution < -0.4 is 4.90 Å². The molecule has 1 saturated heterocycles. The van der Waals surface area contributed by atoms with Crippen molar-refractivity contribution in [1.29, 1.82) is 0 Å². The Balaban J connectivity index is 2.47. The summed E-state index contributed by atoms with van der Waals surface area (Å²) in [5.74, 6) is 0.658. The molecule has 5 nitrogen and oxygen atoms in total. The van der Waals surface area contributed by atoms with Crippen molar-refractivity contribution in [2.75, 3.05) is 25.0 Å². The summed E-state index contributed by atoms with van der Waals surface area (Å²) in [6.45, 7) is 8.90. The highest BCUT2D eigenvalue weighted by Crippen LogP contribution is 2.31. The number of carbonyl (C=O) groups is 1. The molecule has 0 atom stereocenters. The van der Waals surface area contributed by atoms with Crippen molar-refractivity contribution in [2.24, 2.45) is 0 Å². The zero-order chi connectivity index (χ0) is 14.4. The third-order valence-electron chi connectivity index (χ3n) is 3.71. The number of rotatable bonds is 1. The number of aromatic nitrogens is 2. The molecule has 0 N–H and O–H groups in total. The minimum absolute atomic E-state index is 0.0647. The van der Waals surface area contributed by atoms with Crippen LogP contribution in [0.3, 0.4) is 0 Å². The number of hydrogen-bond acceptors (Lipinski definition) is 4. The molecule has 0 unspecified atom stereocenters. The maximum atomic E-state index is 12.3. The average Bonchev–Trinajstić information content (AvgIpc) is 2.32. The summed E-state index contributed by atoms with van der Waals surface area (Å²) in [5, 5.41) is 0.355. The molecule has 1 aromatic heterocycles. The molecule has 2 heterocycles. The number of carbonyl (C=O) groups excluding carboxylic acids is 1. The Morgan fingerprint density at radius 1 is 1.16 bits per heavy atom. The van der Waals surface area contributed by atoms with E-state index in [0.29, 0.717) is 24.1 Å². The molecule has 0 aliphatic carbocycles. The number of nitrogens with zero attached hydrogens (tertiary/aromatic N) is 4. The van der Waals surface area contributed by atoms with E-state index < -0.39 is 5.54 Å². The lowest BCUT2D eigenvalue weighted by molar-refractivity contribution is -0.136. The molecule has 104 valence electrons. The number of hydrogen-bond donors (Lipinski definition) is 0. The van der Waals surface area contributed by atoms with Gasteiger partial charge in [0, 0.05) is 20.1 Å². The fourth-order valence-electron chi connectivity index (χ4n) is 2.32. The summed E-state index contributed by atoms with van der Waals surface area (Å²) in [4.78, 5) is 24.8. The quantitative estimate of drug-likeness (QED) is 0.788. The third kappa shape index (κ3) is 2.27. The van der Waals surface area contributed by atoms with Gasteiger partial charge in [0.05, 0.1) is 11.4 Å². The maximum Gasteiger partial charge on any atom is 0.247 e. The lowest BCUT2D eigenvalue weighted by Crippen LogP contribution is -2.62. The van der Waals surface area contributed by atoms with Crippen LogP contribution in [0, 0.1) is 13.8 Å². The number of likely N-dealkylation sites (N-methyl/N-ethyl adjacent to an activating group) is 1. The van der Waals surface area contributed by atoms with Gasteiger partial charge in [-0.25, -0.2) is 9.97 Å². The highest BCUT2D eigenvalue weighted by molar-refractivity contribution is 6.31. The average molecular weight is 283 g/mol. The van der Waals surface area contributed by atoms with Gasteiger partial charge in [0.2, 0.25) is 5.91 Å². The van der Waals surface area contributed by atoms with Crippen molar-refractivity contribution in [3.63, 3.8) is 0 Å². The number of amides is 1. The SMILES string of the molecule is Cc1nc(Cl)c(N2CCN(C)C(=O)C2(C)C)nc1C. The fourth-order valence-corrected chi connectivity index (χ4v) is 2.59. The van der Waals surface area contributed by atoms with Crippen molar-refractivity contribution in [3.05, 3.63) is 16.5 Å². The third-order valence-corrected chi connectivity index (χ3v) is 3.96. The second-order valence-corrected chi connectivity index (χ2v) is 5.80. The first-order valence-electron chi connectivity index (χ1n) is 6.29. The van der Waals surface area contributed by atoms with Crippen molar-refractivity contribution in [3.8, 4) is 0 Å². The summed E-state index contributed by atoms with van der Waals surface area (Å²) in [6, 6.07) is 0. The van der Waals surface area contributed by atoms with Crippen LogP contribution in [0.5, 0.6) is 0 Å². The number of halogens is 1. The van der Waals surface area contributed by atoms with E-state index in [4.69, 9.17) is 11.6 Å². The Labute approximate surface area is 118 Å². The Morgan fingerprint density at radius 2 is 1.74 bits per heavy atom. The maximum absolute atomic E-state index is 12.3. The molecule has 1 fully saturated rings. The minimum Gasteiger partial charge on any atom is -0.342 e. The first-order chi connectivity index (χ1) is 8.75. The zero-order valence-electron chi connectivity index (χ0n) is 12.0. The highest BCUT2D eigenvalue weighted by Gasteiger charge is 2.42. The molecule has 0 saturated carbocycles. The van der Waals surface area contributed by atoms with Crippen LogP contribution in [0.1, 0.15) is 25.2 Å². The van der Waals surface area contributed by atoms with E-state index in [9.17, 15) is 4.79 Å². The molecule has 19 heavy (non-hydrogen) atoms. The minimum atomic E-state index is -0.660. The van der Waals surface area contributed by atoms with Gasteiger partial charge >= 0.3 is 0 Å². The summed E-state index contributed by atoms with van der Waals surface area (Å²) >= 11 is 6.21. The molecule has 1 aliphatic heterocycles. The second kappa shape index (κ2) is 4.63. The van der Waals surface area contributed by atoms with E-state index in [1.54, 1.807) is 4.90 Å². The summed E-state index contributed by atoms with van der Waals surface area (Å²) in [7, 11) is 1.81. The van der Waals surface area contributed by atoms with Crippen LogP contribution in [0.25, 0.3) is 0 Å². The topological polar surface area (TPSA) is 49.3 Å². The lowest BCUT2D eigenvalue weighted by atomic mass is 9.98. The Hall–Kier alpha value is -1.36. The molecule has 2 rings (SSSR count). The van der Waals surface area contributed by atoms with Gasteiger partial charge in [0.15, 0.2) is 11.0 Å². The summed E-state index contributed by atoms with van der Waals surface area (Å²) in [6.07, 6.45) is 0. The van der Waals surface area contributed by atoms with Crippen molar-refractivity contribution < 1.29 is 4.79 Å². The van der Waals surface area contributed by atoms with E-state index in [2.05, 4.69) is 9.97 Å². The van der Waals surface area contributed by atoms with Crippen LogP contribution in [0.4, 0.5) is 5.82 Å². The number of aryl methyl sites for hydroxylation is 2. The second-order valence-electron chi connectivity index (χ2n) is 5.45. The van der Waals surface area contributed by atoms with Gasteiger partial charge in [-0.1, -0.05) is 11.6 Å². The van der Waals surface area contributed by atoms with Crippen LogP contribution in [0.15, 0.2) is 0 Å². The molecular weight excluding hydrogens is 264 g/mol. The Kier molecular flexibility index (Phi) is 3.43. The van der Waals surface area contributed by atoms with E-state index in [1.165, 1.54) is 0 Å². The van der Waals surface area contributed by atoms with Gasteiger partial charge in [-0.15, -0.1) is 0 Å². The normalized spacial score (nSPS) is 18.9. The molecule has 0 aromatic carbocycles. The van der Waals surface area contributed by atoms with E-state index in [-0.39, 0.29) is 5.91 Å². The lowest BCUT2D eigenvalue weighted by Gasteiger charge is -2.45. The molecular formula is C13H19ClN4O. The largest absolute Gasteiger partial charge is 0.342 e. The molecule has 1 aromatic rings. The van der Waals surface area contributed by atoms with Crippen LogP contribution in [-0.4, -0.2) is 46.5 Å². The van der Waals surface area contributed by atoms with Crippen molar-refractivity contribution in [1.82, 2.24) is 14.9 Å². The zero-order valence-corrected chi connectivity index (χ0v) is 12.7. The van der Waals surface area contributed by atoms with E-state index >= 15 is 0 Å². The van der Waals surface area contributed by atoms with Gasteiger partial charge < -0.3 is 9.80 Å². The predicted molar refractivity (Wildman–Crippen MR) is 75.6 cm³/mol. The molecule has 1 aliphatic rings. The Morgan fingerprint density at radius 3 is 2.37 bits per heavy atom. The van der Waals surface area contributed by atoms with E-state index in [0.717, 1.165) is 11.4 Å². The molecule has 1 amide bonds. The van der Waals surface area contributed by atoms with Gasteiger partial charge in [0.25, 0.3) is 0 Å². The van der Waals surface area contributed by atoms with Crippen LogP contribution in [-0.2, 0) is 4.79 Å². The monoisotopic (exact) mass is 282 g/mol. The first-order valence-corrected chi connectivity index (χ1v) is 6.67. The van der Waals surface area contributed by atoms with Crippen LogP contribution in [0.2, 0.25) is 5.15 Å². The van der Waals surface area contributed by atoms with Crippen molar-refractivity contribution >= 4 is 23.3 Å². The van der Waals surface area contributed by atoms with E-state index in [1.807, 2.05) is 39.6 Å². The number of piperazine rings is 1. The van der Waals surface area contributed by atoms with Gasteiger partial charge in [0.1, 0.15) is 5.54 Å². The standard InChI is InChI=1S/C13H19ClN4O/c1-8-9(2)16-11(10(14)15-8)18-7-6-17(5)12(19)13(18,3)4/h6-7H2,1-5H3. The molecule has 0 spiro atoms. The molecule has 6 heteroatoms. The summed E-state index contributed by atoms with van der Waals surface area (Å²) in [5.41, 5.74) is 0.987. The van der Waals surface area contributed by atoms with Gasteiger partial charge in [-0.3, -0.25) is 4.79 Å². The van der Waals surface area contributed by atoms with Gasteiger partial charge in [-0.2, -0.15) is 0 Å². The highest BCUT2D eigenvalue weighted by atomic mass is 35.5. The first kappa shape index (κ1) is 14.1. The smallest absolute Gasteiger partial charge is 0.247 e. The van der Waals surface area contributed by atoms with Gasteiger partial charge in [-0.05, 0) is 27.7 Å². The molecule has 0 radical (unpaired) electrons. The molecule has 0 bridgehead atoms. The van der Waals surface area contributed by atoms with Crippen molar-refractivity contribution in [2.45, 2.75) is 33.2 Å². The summed E-state index contributed by atoms with van der Waals surface area (Å²) < 4.78 is 0.